The van der Waals surface area contributed by atoms with Crippen molar-refractivity contribution in [2.75, 3.05) is 0 Å². The van der Waals surface area contributed by atoms with Gasteiger partial charge in [-0.3, -0.25) is 0 Å². The zero-order valence-corrected chi connectivity index (χ0v) is 18.9. The van der Waals surface area contributed by atoms with E-state index >= 15 is 0 Å². The minimum absolute atomic E-state index is 0.393. The Morgan fingerprint density at radius 2 is 1.63 bits per heavy atom. The molecule has 1 nitrogen and oxygen atoms in total. The second-order valence-corrected chi connectivity index (χ2v) is 11.6. The number of rotatable bonds is 4. The summed E-state index contributed by atoms with van der Waals surface area (Å²) in [5, 5.41) is 5.04. The lowest BCUT2D eigenvalue weighted by Gasteiger charge is -2.64. The highest BCUT2D eigenvalue weighted by Crippen LogP contribution is 2.66. The highest BCUT2D eigenvalue weighted by Gasteiger charge is 2.59. The summed E-state index contributed by atoms with van der Waals surface area (Å²) < 4.78 is 0. The maximum Gasteiger partial charge on any atom is 0.0406 e. The monoisotopic (exact) mass is 419 g/mol. The molecule has 0 aromatic heterocycles. The molecule has 7 rings (SSSR count). The first-order chi connectivity index (χ1) is 14.5. The van der Waals surface area contributed by atoms with Crippen LogP contribution in [0.2, 0.25) is 5.02 Å². The highest BCUT2D eigenvalue weighted by molar-refractivity contribution is 6.30. The number of aryl methyl sites for hydroxylation is 1. The Morgan fingerprint density at radius 1 is 0.933 bits per heavy atom. The molecule has 4 fully saturated rings. The topological polar surface area (TPSA) is 12.0 Å². The minimum Gasteiger partial charge on any atom is -0.311 e. The zero-order chi connectivity index (χ0) is 20.3. The number of nitrogens with one attached hydrogen (secondary N) is 1. The number of benzene rings is 2. The van der Waals surface area contributed by atoms with Gasteiger partial charge in [-0.15, -0.1) is 0 Å². The molecule has 0 aliphatic heterocycles. The molecule has 0 radical (unpaired) electrons. The second kappa shape index (κ2) is 7.10. The predicted octanol–water partition coefficient (Wildman–Crippen LogP) is 6.71. The first-order valence-electron chi connectivity index (χ1n) is 12.1. The van der Waals surface area contributed by atoms with Crippen LogP contribution in [0.5, 0.6) is 0 Å². The van der Waals surface area contributed by atoms with E-state index in [1.165, 1.54) is 57.8 Å². The van der Waals surface area contributed by atoms with Crippen LogP contribution >= 0.6 is 11.6 Å². The Balaban J connectivity index is 1.25. The molecule has 2 unspecified atom stereocenters. The molecule has 2 aromatic carbocycles. The van der Waals surface area contributed by atoms with Crippen molar-refractivity contribution in [3.05, 3.63) is 70.2 Å². The van der Waals surface area contributed by atoms with E-state index in [0.29, 0.717) is 22.9 Å². The van der Waals surface area contributed by atoms with Crippen molar-refractivity contribution in [3.8, 4) is 0 Å². The van der Waals surface area contributed by atoms with E-state index in [9.17, 15) is 0 Å². The summed E-state index contributed by atoms with van der Waals surface area (Å²) in [5.41, 5.74) is 5.56. The molecule has 0 spiro atoms. The fourth-order valence-corrected chi connectivity index (χ4v) is 8.48. The van der Waals surface area contributed by atoms with Crippen LogP contribution in [0.15, 0.2) is 48.5 Å². The summed E-state index contributed by atoms with van der Waals surface area (Å²) in [7, 11) is 0. The molecule has 6 atom stereocenters. The first-order valence-corrected chi connectivity index (χ1v) is 12.5. The third-order valence-corrected chi connectivity index (χ3v) is 9.57. The van der Waals surface area contributed by atoms with Crippen LogP contribution in [-0.4, -0.2) is 12.1 Å². The van der Waals surface area contributed by atoms with E-state index in [1.54, 1.807) is 16.7 Å². The molecular weight excluding hydrogens is 386 g/mol. The SMILES string of the molecule is C[C@H](N[C@H]1CCc2ccccc2C1)C12C[C@@H]3C[C@@H](CC(c4ccc(Cl)cc4)(C3)C1)C2. The molecule has 158 valence electrons. The third-order valence-electron chi connectivity index (χ3n) is 9.31. The summed E-state index contributed by atoms with van der Waals surface area (Å²) >= 11 is 6.23. The van der Waals surface area contributed by atoms with Gasteiger partial charge in [0, 0.05) is 17.1 Å². The van der Waals surface area contributed by atoms with Gasteiger partial charge in [0.15, 0.2) is 0 Å². The minimum atomic E-state index is 0.393. The van der Waals surface area contributed by atoms with E-state index in [4.69, 9.17) is 11.6 Å². The molecule has 0 heterocycles. The van der Waals surface area contributed by atoms with E-state index in [0.717, 1.165) is 16.9 Å². The Hall–Kier alpha value is -1.31. The molecule has 2 heteroatoms. The maximum atomic E-state index is 6.23. The van der Waals surface area contributed by atoms with Crippen molar-refractivity contribution >= 4 is 11.6 Å². The van der Waals surface area contributed by atoms with Crippen LogP contribution in [0.1, 0.15) is 68.6 Å². The highest BCUT2D eigenvalue weighted by atomic mass is 35.5. The van der Waals surface area contributed by atoms with Crippen LogP contribution in [-0.2, 0) is 18.3 Å². The number of hydrogen-bond acceptors (Lipinski definition) is 1. The lowest BCUT2D eigenvalue weighted by atomic mass is 9.41. The summed E-state index contributed by atoms with van der Waals surface area (Å²) in [6.07, 6.45) is 12.2. The summed E-state index contributed by atoms with van der Waals surface area (Å²) in [6, 6.07) is 19.2. The van der Waals surface area contributed by atoms with Gasteiger partial charge in [-0.2, -0.15) is 0 Å². The second-order valence-electron chi connectivity index (χ2n) is 11.2. The van der Waals surface area contributed by atoms with Crippen molar-refractivity contribution in [1.82, 2.24) is 5.32 Å². The Bertz CT molecular complexity index is 918. The van der Waals surface area contributed by atoms with Crippen LogP contribution in [0.4, 0.5) is 0 Å². The van der Waals surface area contributed by atoms with Gasteiger partial charge < -0.3 is 5.32 Å². The fourth-order valence-electron chi connectivity index (χ4n) is 8.35. The summed E-state index contributed by atoms with van der Waals surface area (Å²) in [6.45, 7) is 2.52. The fraction of sp³-hybridized carbons (Fsp3) is 0.571. The predicted molar refractivity (Wildman–Crippen MR) is 125 cm³/mol. The largest absolute Gasteiger partial charge is 0.311 e. The molecule has 1 N–H and O–H groups in total. The normalized spacial score (nSPS) is 37.7. The molecule has 0 saturated heterocycles. The van der Waals surface area contributed by atoms with Crippen LogP contribution in [0, 0.1) is 17.3 Å². The van der Waals surface area contributed by atoms with Gasteiger partial charge in [-0.1, -0.05) is 48.0 Å². The van der Waals surface area contributed by atoms with E-state index < -0.39 is 0 Å². The Kier molecular flexibility index (Phi) is 4.59. The molecular formula is C28H34ClN. The van der Waals surface area contributed by atoms with Gasteiger partial charge >= 0.3 is 0 Å². The van der Waals surface area contributed by atoms with E-state index in [-0.39, 0.29) is 0 Å². The lowest BCUT2D eigenvalue weighted by molar-refractivity contribution is -0.0897. The average Bonchev–Trinajstić information content (AvgIpc) is 2.73. The van der Waals surface area contributed by atoms with Gasteiger partial charge in [-0.25, -0.2) is 0 Å². The number of hydrogen-bond donors (Lipinski definition) is 1. The zero-order valence-electron chi connectivity index (χ0n) is 18.2. The molecule has 30 heavy (non-hydrogen) atoms. The Labute approximate surface area is 186 Å². The van der Waals surface area contributed by atoms with Crippen LogP contribution in [0.3, 0.4) is 0 Å². The maximum absolute atomic E-state index is 6.23. The molecule has 4 saturated carbocycles. The first kappa shape index (κ1) is 19.4. The molecule has 2 aromatic rings. The molecule has 5 aliphatic rings. The quantitative estimate of drug-likeness (QED) is 0.580. The molecule has 0 amide bonds. The number of halogens is 1. The van der Waals surface area contributed by atoms with Gasteiger partial charge in [0.25, 0.3) is 0 Å². The average molecular weight is 420 g/mol. The van der Waals surface area contributed by atoms with E-state index in [1.807, 2.05) is 0 Å². The lowest BCUT2D eigenvalue weighted by Crippen LogP contribution is -2.61. The van der Waals surface area contributed by atoms with Crippen molar-refractivity contribution in [3.63, 3.8) is 0 Å². The van der Waals surface area contributed by atoms with Crippen LogP contribution in [0.25, 0.3) is 0 Å². The van der Waals surface area contributed by atoms with E-state index in [2.05, 4.69) is 60.8 Å². The molecule has 5 aliphatic carbocycles. The van der Waals surface area contributed by atoms with Gasteiger partial charge in [-0.05, 0) is 116 Å². The van der Waals surface area contributed by atoms with Crippen molar-refractivity contribution in [2.24, 2.45) is 17.3 Å². The van der Waals surface area contributed by atoms with Crippen molar-refractivity contribution in [1.29, 1.82) is 0 Å². The summed E-state index contributed by atoms with van der Waals surface area (Å²) in [4.78, 5) is 0. The Morgan fingerprint density at radius 3 is 2.37 bits per heavy atom. The number of fused-ring (bicyclic) bond motifs is 1. The van der Waals surface area contributed by atoms with Crippen molar-refractivity contribution < 1.29 is 0 Å². The molecule has 4 bridgehead atoms. The van der Waals surface area contributed by atoms with Crippen LogP contribution < -0.4 is 5.32 Å². The van der Waals surface area contributed by atoms with Gasteiger partial charge in [0.05, 0.1) is 0 Å². The standard InChI is InChI=1S/C28H34ClN/c1-19(30-26-11-6-22-4-2-3-5-23(22)13-26)27-14-20-12-21(15-27)17-28(16-20,18-27)24-7-9-25(29)10-8-24/h2-5,7-10,19-21,26,30H,6,11-18H2,1H3/t19-,20-,21+,26-,27?,28?/m0/s1. The van der Waals surface area contributed by atoms with Crippen molar-refractivity contribution in [2.45, 2.75) is 82.2 Å². The summed E-state index contributed by atoms with van der Waals surface area (Å²) in [5.74, 6) is 1.83. The smallest absolute Gasteiger partial charge is 0.0406 e. The van der Waals surface area contributed by atoms with Gasteiger partial charge in [0.1, 0.15) is 0 Å². The van der Waals surface area contributed by atoms with Gasteiger partial charge in [0.2, 0.25) is 0 Å². The third kappa shape index (κ3) is 3.16.